The summed E-state index contributed by atoms with van der Waals surface area (Å²) in [6.07, 6.45) is 6.47. The van der Waals surface area contributed by atoms with E-state index in [1.165, 1.54) is 32.1 Å². The maximum atomic E-state index is 11.6. The van der Waals surface area contributed by atoms with Gasteiger partial charge in [0.2, 0.25) is 0 Å². The molecule has 0 heterocycles. The van der Waals surface area contributed by atoms with Crippen LogP contribution in [0.1, 0.15) is 49.4 Å². The lowest BCUT2D eigenvalue weighted by molar-refractivity contribution is 0.0963. The van der Waals surface area contributed by atoms with Gasteiger partial charge in [0.25, 0.3) is 5.91 Å². The number of nitrogens with two attached hydrogens (primary N) is 1. The van der Waals surface area contributed by atoms with Crippen LogP contribution in [0.3, 0.4) is 0 Å². The highest BCUT2D eigenvalue weighted by molar-refractivity contribution is 5.95. The van der Waals surface area contributed by atoms with Crippen molar-refractivity contribution in [3.8, 4) is 0 Å². The first-order valence-electron chi connectivity index (χ1n) is 7.46. The third-order valence-electron chi connectivity index (χ3n) is 4.61. The molecule has 0 atom stereocenters. The first-order valence-corrected chi connectivity index (χ1v) is 7.46. The van der Waals surface area contributed by atoms with Crippen LogP contribution in [0.25, 0.3) is 0 Å². The summed E-state index contributed by atoms with van der Waals surface area (Å²) < 4.78 is 0. The average Bonchev–Trinajstić information content (AvgIpc) is 2.94. The summed E-state index contributed by atoms with van der Waals surface area (Å²) in [4.78, 5) is 11.6. The monoisotopic (exact) mass is 275 g/mol. The van der Waals surface area contributed by atoms with Crippen molar-refractivity contribution in [3.05, 3.63) is 23.8 Å². The summed E-state index contributed by atoms with van der Waals surface area (Å²) in [5, 5.41) is 6.08. The predicted octanol–water partition coefficient (Wildman–Crippen LogP) is 3.01. The number of carbonyl (C=O) groups excluding carboxylic acids is 1. The van der Waals surface area contributed by atoms with Gasteiger partial charge in [0.15, 0.2) is 0 Å². The van der Waals surface area contributed by atoms with E-state index in [1.807, 2.05) is 12.1 Å². The van der Waals surface area contributed by atoms with Crippen LogP contribution in [0, 0.1) is 5.41 Å². The Hall–Kier alpha value is -1.71. The Bertz CT molecular complexity index is 479. The maximum Gasteiger partial charge on any atom is 0.251 e. The molecule has 0 radical (unpaired) electrons. The third-order valence-corrected chi connectivity index (χ3v) is 4.61. The van der Waals surface area contributed by atoms with Gasteiger partial charge >= 0.3 is 0 Å². The Kier molecular flexibility index (Phi) is 4.53. The van der Waals surface area contributed by atoms with Crippen molar-refractivity contribution in [2.75, 3.05) is 24.6 Å². The molecule has 0 unspecified atom stereocenters. The van der Waals surface area contributed by atoms with E-state index in [0.717, 1.165) is 12.2 Å². The topological polar surface area (TPSA) is 67.2 Å². The van der Waals surface area contributed by atoms with Crippen LogP contribution in [0.2, 0.25) is 0 Å². The zero-order valence-corrected chi connectivity index (χ0v) is 12.5. The van der Waals surface area contributed by atoms with Crippen molar-refractivity contribution >= 4 is 17.3 Å². The van der Waals surface area contributed by atoms with Crippen LogP contribution in [0.15, 0.2) is 18.2 Å². The summed E-state index contributed by atoms with van der Waals surface area (Å²) in [5.41, 5.74) is 8.62. The zero-order valence-electron chi connectivity index (χ0n) is 12.5. The van der Waals surface area contributed by atoms with Gasteiger partial charge in [-0.05, 0) is 42.9 Å². The van der Waals surface area contributed by atoms with Crippen molar-refractivity contribution in [2.24, 2.45) is 5.41 Å². The summed E-state index contributed by atoms with van der Waals surface area (Å²) in [5.74, 6) is -0.107. The number of hydrogen-bond acceptors (Lipinski definition) is 3. The second-order valence-corrected chi connectivity index (χ2v) is 5.80. The number of nitrogens with one attached hydrogen (secondary N) is 2. The van der Waals surface area contributed by atoms with Crippen molar-refractivity contribution < 1.29 is 4.79 Å². The molecule has 4 nitrogen and oxygen atoms in total. The number of anilines is 2. The van der Waals surface area contributed by atoms with Crippen LogP contribution in [0.5, 0.6) is 0 Å². The summed E-state index contributed by atoms with van der Waals surface area (Å²) in [7, 11) is 1.62. The SMILES string of the molecule is CCC1(CNc2ccc(C(=O)NC)cc2N)CCCC1. The summed E-state index contributed by atoms with van der Waals surface area (Å²) in [6.45, 7) is 3.23. The first kappa shape index (κ1) is 14.7. The molecule has 20 heavy (non-hydrogen) atoms. The summed E-state index contributed by atoms with van der Waals surface area (Å²) >= 11 is 0. The lowest BCUT2D eigenvalue weighted by Gasteiger charge is -2.28. The quantitative estimate of drug-likeness (QED) is 0.724. The molecular weight excluding hydrogens is 250 g/mol. The van der Waals surface area contributed by atoms with E-state index >= 15 is 0 Å². The Balaban J connectivity index is 2.04. The Morgan fingerprint density at radius 3 is 2.60 bits per heavy atom. The van der Waals surface area contributed by atoms with Crippen molar-refractivity contribution in [2.45, 2.75) is 39.0 Å². The third kappa shape index (κ3) is 3.06. The molecule has 1 aromatic carbocycles. The first-order chi connectivity index (χ1) is 9.60. The fourth-order valence-corrected chi connectivity index (χ4v) is 3.07. The highest BCUT2D eigenvalue weighted by Gasteiger charge is 2.31. The number of rotatable bonds is 5. The highest BCUT2D eigenvalue weighted by atomic mass is 16.1. The largest absolute Gasteiger partial charge is 0.397 e. The second kappa shape index (κ2) is 6.16. The van der Waals surface area contributed by atoms with Gasteiger partial charge < -0.3 is 16.4 Å². The minimum Gasteiger partial charge on any atom is -0.397 e. The van der Waals surface area contributed by atoms with Crippen LogP contribution in [-0.4, -0.2) is 19.5 Å². The molecule has 1 saturated carbocycles. The molecular formula is C16H25N3O. The predicted molar refractivity (Wildman–Crippen MR) is 83.9 cm³/mol. The molecule has 110 valence electrons. The highest BCUT2D eigenvalue weighted by Crippen LogP contribution is 2.41. The minimum atomic E-state index is -0.107. The molecule has 1 amide bonds. The molecule has 0 saturated heterocycles. The number of hydrogen-bond donors (Lipinski definition) is 3. The number of carbonyl (C=O) groups is 1. The smallest absolute Gasteiger partial charge is 0.251 e. The van der Waals surface area contributed by atoms with Gasteiger partial charge in [0, 0.05) is 19.2 Å². The lowest BCUT2D eigenvalue weighted by Crippen LogP contribution is -2.26. The molecule has 4 N–H and O–H groups in total. The van der Waals surface area contributed by atoms with E-state index in [0.29, 0.717) is 16.7 Å². The number of nitrogen functional groups attached to an aromatic ring is 1. The Labute approximate surface area is 121 Å². The number of amides is 1. The summed E-state index contributed by atoms with van der Waals surface area (Å²) in [6, 6.07) is 5.44. The molecule has 0 bridgehead atoms. The lowest BCUT2D eigenvalue weighted by atomic mass is 9.83. The van der Waals surface area contributed by atoms with Crippen LogP contribution in [0.4, 0.5) is 11.4 Å². The molecule has 1 aliphatic carbocycles. The van der Waals surface area contributed by atoms with Gasteiger partial charge in [-0.1, -0.05) is 19.8 Å². The molecule has 0 aromatic heterocycles. The van der Waals surface area contributed by atoms with Crippen molar-refractivity contribution in [1.82, 2.24) is 5.32 Å². The zero-order chi connectivity index (χ0) is 14.6. The van der Waals surface area contributed by atoms with Gasteiger partial charge in [-0.2, -0.15) is 0 Å². The molecule has 2 rings (SSSR count). The van der Waals surface area contributed by atoms with Gasteiger partial charge in [0.1, 0.15) is 0 Å². The molecule has 1 aliphatic rings. The van der Waals surface area contributed by atoms with Gasteiger partial charge in [0.05, 0.1) is 11.4 Å². The van der Waals surface area contributed by atoms with Crippen LogP contribution >= 0.6 is 0 Å². The molecule has 4 heteroatoms. The maximum absolute atomic E-state index is 11.6. The average molecular weight is 275 g/mol. The molecule has 1 fully saturated rings. The molecule has 0 spiro atoms. The fraction of sp³-hybridized carbons (Fsp3) is 0.562. The van der Waals surface area contributed by atoms with Crippen molar-refractivity contribution in [3.63, 3.8) is 0 Å². The number of benzene rings is 1. The fourth-order valence-electron chi connectivity index (χ4n) is 3.07. The Morgan fingerprint density at radius 1 is 1.35 bits per heavy atom. The van der Waals surface area contributed by atoms with Crippen LogP contribution < -0.4 is 16.4 Å². The van der Waals surface area contributed by atoms with Gasteiger partial charge in [-0.25, -0.2) is 0 Å². The van der Waals surface area contributed by atoms with Crippen LogP contribution in [-0.2, 0) is 0 Å². The molecule has 0 aliphatic heterocycles. The normalized spacial score (nSPS) is 16.9. The van der Waals surface area contributed by atoms with E-state index in [1.54, 1.807) is 13.1 Å². The van der Waals surface area contributed by atoms with Crippen molar-refractivity contribution in [1.29, 1.82) is 0 Å². The van der Waals surface area contributed by atoms with Gasteiger partial charge in [-0.3, -0.25) is 4.79 Å². The molecule has 1 aromatic rings. The Morgan fingerprint density at radius 2 is 2.05 bits per heavy atom. The van der Waals surface area contributed by atoms with E-state index in [4.69, 9.17) is 5.73 Å². The minimum absolute atomic E-state index is 0.107. The van der Waals surface area contributed by atoms with E-state index in [-0.39, 0.29) is 5.91 Å². The second-order valence-electron chi connectivity index (χ2n) is 5.80. The van der Waals surface area contributed by atoms with E-state index in [9.17, 15) is 4.79 Å². The van der Waals surface area contributed by atoms with E-state index < -0.39 is 0 Å². The van der Waals surface area contributed by atoms with E-state index in [2.05, 4.69) is 17.6 Å². The standard InChI is InChI=1S/C16H25N3O/c1-3-16(8-4-5-9-16)11-19-14-7-6-12(10-13(14)17)15(20)18-2/h6-7,10,19H,3-5,8-9,11,17H2,1-2H3,(H,18,20). The van der Waals surface area contributed by atoms with Gasteiger partial charge in [-0.15, -0.1) is 0 Å².